The van der Waals surface area contributed by atoms with Crippen molar-refractivity contribution in [2.75, 3.05) is 6.61 Å². The van der Waals surface area contributed by atoms with Crippen molar-refractivity contribution in [3.05, 3.63) is 83.4 Å². The molecule has 0 aliphatic rings. The van der Waals surface area contributed by atoms with Crippen molar-refractivity contribution in [2.24, 2.45) is 0 Å². The molecule has 0 N–H and O–H groups in total. The van der Waals surface area contributed by atoms with Crippen molar-refractivity contribution in [3.8, 4) is 17.1 Å². The van der Waals surface area contributed by atoms with Crippen LogP contribution in [-0.2, 0) is 6.54 Å². The highest BCUT2D eigenvalue weighted by Crippen LogP contribution is 2.26. The zero-order valence-corrected chi connectivity index (χ0v) is 16.0. The minimum atomic E-state index is 0.601. The molecule has 3 aromatic carbocycles. The number of hydrogen-bond donors (Lipinski definition) is 0. The summed E-state index contributed by atoms with van der Waals surface area (Å²) in [5.41, 5.74) is 4.53. The number of imidazole rings is 1. The maximum absolute atomic E-state index is 6.16. The van der Waals surface area contributed by atoms with Gasteiger partial charge in [0.2, 0.25) is 0 Å². The number of para-hydroxylation sites is 3. The maximum atomic E-state index is 6.16. The molecular weight excluding hydrogens is 356 g/mol. The Balaban J connectivity index is 1.57. The minimum Gasteiger partial charge on any atom is -0.492 e. The molecule has 136 valence electrons. The zero-order valence-electron chi connectivity index (χ0n) is 15.2. The van der Waals surface area contributed by atoms with Gasteiger partial charge in [0.05, 0.1) is 22.7 Å². The van der Waals surface area contributed by atoms with Crippen molar-refractivity contribution in [1.29, 1.82) is 0 Å². The fourth-order valence-corrected chi connectivity index (χ4v) is 3.46. The van der Waals surface area contributed by atoms with E-state index < -0.39 is 0 Å². The number of halogens is 1. The molecule has 1 aromatic heterocycles. The predicted octanol–water partition coefficient (Wildman–Crippen LogP) is 6.13. The van der Waals surface area contributed by atoms with E-state index in [4.69, 9.17) is 21.3 Å². The average molecular weight is 377 g/mol. The first kappa shape index (κ1) is 17.6. The van der Waals surface area contributed by atoms with Crippen LogP contribution in [0.3, 0.4) is 0 Å². The molecule has 0 fully saturated rings. The van der Waals surface area contributed by atoms with Gasteiger partial charge in [-0.25, -0.2) is 4.98 Å². The van der Waals surface area contributed by atoms with Crippen LogP contribution in [0.1, 0.15) is 12.0 Å². The monoisotopic (exact) mass is 376 g/mol. The van der Waals surface area contributed by atoms with Gasteiger partial charge in [0.25, 0.3) is 0 Å². The van der Waals surface area contributed by atoms with Crippen LogP contribution in [0.2, 0.25) is 5.02 Å². The maximum Gasteiger partial charge on any atom is 0.141 e. The molecule has 0 spiro atoms. The summed E-state index contributed by atoms with van der Waals surface area (Å²) in [5.74, 6) is 1.73. The van der Waals surface area contributed by atoms with E-state index in [1.165, 1.54) is 5.56 Å². The third-order valence-corrected chi connectivity index (χ3v) is 4.86. The Morgan fingerprint density at radius 1 is 0.963 bits per heavy atom. The number of aryl methyl sites for hydroxylation is 2. The number of nitrogens with zero attached hydrogens (tertiary/aromatic N) is 2. The van der Waals surface area contributed by atoms with Crippen LogP contribution in [0.15, 0.2) is 72.8 Å². The minimum absolute atomic E-state index is 0.601. The van der Waals surface area contributed by atoms with Gasteiger partial charge in [-0.05, 0) is 43.7 Å². The Bertz CT molecular complexity index is 1070. The second kappa shape index (κ2) is 7.85. The van der Waals surface area contributed by atoms with Gasteiger partial charge in [0.15, 0.2) is 0 Å². The topological polar surface area (TPSA) is 27.1 Å². The number of hydrogen-bond acceptors (Lipinski definition) is 2. The first-order valence-electron chi connectivity index (χ1n) is 9.12. The van der Waals surface area contributed by atoms with E-state index >= 15 is 0 Å². The molecule has 0 atom stereocenters. The van der Waals surface area contributed by atoms with E-state index in [2.05, 4.69) is 54.0 Å². The summed E-state index contributed by atoms with van der Waals surface area (Å²) in [6.45, 7) is 3.53. The smallest absolute Gasteiger partial charge is 0.141 e. The molecule has 0 saturated heterocycles. The van der Waals surface area contributed by atoms with Gasteiger partial charge in [0, 0.05) is 12.1 Å². The molecule has 27 heavy (non-hydrogen) atoms. The van der Waals surface area contributed by atoms with E-state index in [0.717, 1.165) is 41.1 Å². The first-order chi connectivity index (χ1) is 13.2. The number of aromatic nitrogens is 2. The van der Waals surface area contributed by atoms with Crippen LogP contribution in [0, 0.1) is 6.92 Å². The molecule has 3 nitrogen and oxygen atoms in total. The van der Waals surface area contributed by atoms with Gasteiger partial charge in [-0.3, -0.25) is 0 Å². The van der Waals surface area contributed by atoms with E-state index in [1.54, 1.807) is 0 Å². The lowest BCUT2D eigenvalue weighted by molar-refractivity contribution is 0.303. The van der Waals surface area contributed by atoms with Crippen LogP contribution in [-0.4, -0.2) is 16.2 Å². The summed E-state index contributed by atoms with van der Waals surface area (Å²) in [5, 5.41) is 0.644. The summed E-state index contributed by atoms with van der Waals surface area (Å²) in [6, 6.07) is 24.3. The number of fused-ring (bicyclic) bond motifs is 1. The average Bonchev–Trinajstić information content (AvgIpc) is 3.05. The highest BCUT2D eigenvalue weighted by atomic mass is 35.5. The largest absolute Gasteiger partial charge is 0.492 e. The second-order valence-electron chi connectivity index (χ2n) is 6.58. The highest BCUT2D eigenvalue weighted by molar-refractivity contribution is 6.32. The molecule has 0 bridgehead atoms. The lowest BCUT2D eigenvalue weighted by Gasteiger charge is -2.11. The third kappa shape index (κ3) is 3.83. The lowest BCUT2D eigenvalue weighted by atomic mass is 10.1. The van der Waals surface area contributed by atoms with Gasteiger partial charge >= 0.3 is 0 Å². The molecule has 0 aliphatic heterocycles. The standard InChI is InChI=1S/C23H21ClN2O/c1-17-8-6-9-18(16-17)23-25-20-11-3-4-12-21(20)26(23)14-7-15-27-22-13-5-2-10-19(22)24/h2-6,8-13,16H,7,14-15H2,1H3. The Hall–Kier alpha value is -2.78. The zero-order chi connectivity index (χ0) is 18.6. The van der Waals surface area contributed by atoms with Gasteiger partial charge in [-0.1, -0.05) is 59.6 Å². The van der Waals surface area contributed by atoms with E-state index in [1.807, 2.05) is 30.3 Å². The summed E-state index contributed by atoms with van der Waals surface area (Å²) in [4.78, 5) is 4.88. The molecule has 4 aromatic rings. The quantitative estimate of drug-likeness (QED) is 0.378. The second-order valence-corrected chi connectivity index (χ2v) is 6.98. The van der Waals surface area contributed by atoms with Crippen LogP contribution >= 0.6 is 11.6 Å². The third-order valence-electron chi connectivity index (χ3n) is 4.55. The SMILES string of the molecule is Cc1cccc(-c2nc3ccccc3n2CCCOc2ccccc2Cl)c1. The van der Waals surface area contributed by atoms with Crippen molar-refractivity contribution >= 4 is 22.6 Å². The van der Waals surface area contributed by atoms with Crippen LogP contribution in [0.25, 0.3) is 22.4 Å². The Labute approximate surface area is 164 Å². The summed E-state index contributed by atoms with van der Waals surface area (Å²) in [7, 11) is 0. The summed E-state index contributed by atoms with van der Waals surface area (Å²) in [6.07, 6.45) is 0.865. The van der Waals surface area contributed by atoms with Gasteiger partial charge in [-0.15, -0.1) is 0 Å². The van der Waals surface area contributed by atoms with Crippen LogP contribution in [0.5, 0.6) is 5.75 Å². The predicted molar refractivity (Wildman–Crippen MR) is 111 cm³/mol. The van der Waals surface area contributed by atoms with Crippen molar-refractivity contribution in [2.45, 2.75) is 19.9 Å². The van der Waals surface area contributed by atoms with Crippen molar-refractivity contribution < 1.29 is 4.74 Å². The summed E-state index contributed by atoms with van der Waals surface area (Å²) >= 11 is 6.16. The van der Waals surface area contributed by atoms with Gasteiger partial charge < -0.3 is 9.30 Å². The van der Waals surface area contributed by atoms with E-state index in [9.17, 15) is 0 Å². The molecule has 0 aliphatic carbocycles. The van der Waals surface area contributed by atoms with E-state index in [-0.39, 0.29) is 0 Å². The lowest BCUT2D eigenvalue weighted by Crippen LogP contribution is -2.06. The normalized spacial score (nSPS) is 11.0. The fourth-order valence-electron chi connectivity index (χ4n) is 3.27. The van der Waals surface area contributed by atoms with Crippen LogP contribution in [0.4, 0.5) is 0 Å². The molecule has 0 saturated carbocycles. The molecule has 1 heterocycles. The number of rotatable bonds is 6. The molecular formula is C23H21ClN2O. The Morgan fingerprint density at radius 3 is 2.63 bits per heavy atom. The first-order valence-corrected chi connectivity index (χ1v) is 9.50. The van der Waals surface area contributed by atoms with Gasteiger partial charge in [0.1, 0.15) is 11.6 Å². The Morgan fingerprint density at radius 2 is 1.78 bits per heavy atom. The van der Waals surface area contributed by atoms with Crippen molar-refractivity contribution in [3.63, 3.8) is 0 Å². The van der Waals surface area contributed by atoms with E-state index in [0.29, 0.717) is 11.6 Å². The fraction of sp³-hybridized carbons (Fsp3) is 0.174. The molecule has 0 unspecified atom stereocenters. The molecule has 4 heteroatoms. The molecule has 4 rings (SSSR count). The van der Waals surface area contributed by atoms with Crippen molar-refractivity contribution in [1.82, 2.24) is 9.55 Å². The molecule has 0 radical (unpaired) electrons. The summed E-state index contributed by atoms with van der Waals surface area (Å²) < 4.78 is 8.12. The van der Waals surface area contributed by atoms with Crippen LogP contribution < -0.4 is 4.74 Å². The van der Waals surface area contributed by atoms with Gasteiger partial charge in [-0.2, -0.15) is 0 Å². The molecule has 0 amide bonds. The number of ether oxygens (including phenoxy) is 1. The Kier molecular flexibility index (Phi) is 5.12. The number of benzene rings is 3. The highest BCUT2D eigenvalue weighted by Gasteiger charge is 2.12.